The summed E-state index contributed by atoms with van der Waals surface area (Å²) in [7, 11) is 0. The van der Waals surface area contributed by atoms with Crippen molar-refractivity contribution in [3.05, 3.63) is 47.0 Å². The van der Waals surface area contributed by atoms with Crippen LogP contribution < -0.4 is 11.1 Å². The van der Waals surface area contributed by atoms with Crippen molar-refractivity contribution in [2.45, 2.75) is 20.4 Å². The molecule has 0 atom stereocenters. The Morgan fingerprint density at radius 1 is 1.17 bits per heavy atom. The summed E-state index contributed by atoms with van der Waals surface area (Å²) in [5.74, 6) is 0.922. The third kappa shape index (κ3) is 2.74. The van der Waals surface area contributed by atoms with E-state index in [2.05, 4.69) is 15.3 Å². The Hall–Kier alpha value is -2.17. The van der Waals surface area contributed by atoms with Crippen molar-refractivity contribution in [1.82, 2.24) is 9.97 Å². The number of aromatic nitrogens is 2. The van der Waals surface area contributed by atoms with Gasteiger partial charge in [-0.1, -0.05) is 12.1 Å². The molecule has 2 rings (SSSR count). The lowest BCUT2D eigenvalue weighted by molar-refractivity contribution is 0.608. The van der Waals surface area contributed by atoms with E-state index in [-0.39, 0.29) is 5.82 Å². The first-order valence-electron chi connectivity index (χ1n) is 5.63. The monoisotopic (exact) mass is 246 g/mol. The highest BCUT2D eigenvalue weighted by Gasteiger charge is 2.04. The molecule has 0 saturated carbocycles. The molecule has 0 unspecified atom stereocenters. The second-order valence-corrected chi connectivity index (χ2v) is 4.23. The third-order valence-electron chi connectivity index (χ3n) is 2.66. The van der Waals surface area contributed by atoms with E-state index in [9.17, 15) is 4.39 Å². The second-order valence-electron chi connectivity index (χ2n) is 4.23. The summed E-state index contributed by atoms with van der Waals surface area (Å²) in [5.41, 5.74) is 7.85. The molecule has 0 aliphatic rings. The molecule has 0 radical (unpaired) electrons. The quantitative estimate of drug-likeness (QED) is 0.873. The van der Waals surface area contributed by atoms with Crippen molar-refractivity contribution in [3.63, 3.8) is 0 Å². The van der Waals surface area contributed by atoms with Crippen molar-refractivity contribution in [2.75, 3.05) is 11.1 Å². The summed E-state index contributed by atoms with van der Waals surface area (Å²) < 4.78 is 13.5. The van der Waals surface area contributed by atoms with Crippen molar-refractivity contribution in [1.29, 1.82) is 0 Å². The number of aryl methyl sites for hydroxylation is 2. The minimum Gasteiger partial charge on any atom is -0.384 e. The van der Waals surface area contributed by atoms with Crippen LogP contribution in [0.5, 0.6) is 0 Å². The molecule has 5 heteroatoms. The van der Waals surface area contributed by atoms with E-state index in [0.717, 1.165) is 5.56 Å². The number of anilines is 2. The summed E-state index contributed by atoms with van der Waals surface area (Å²) >= 11 is 0. The highest BCUT2D eigenvalue weighted by atomic mass is 19.1. The molecule has 4 nitrogen and oxygen atoms in total. The average molecular weight is 246 g/mol. The van der Waals surface area contributed by atoms with Gasteiger partial charge in [0.25, 0.3) is 0 Å². The second kappa shape index (κ2) is 5.00. The lowest BCUT2D eigenvalue weighted by Gasteiger charge is -2.09. The zero-order chi connectivity index (χ0) is 13.1. The summed E-state index contributed by atoms with van der Waals surface area (Å²) in [6.45, 7) is 4.08. The van der Waals surface area contributed by atoms with Crippen LogP contribution in [0.3, 0.4) is 0 Å². The third-order valence-corrected chi connectivity index (χ3v) is 2.66. The van der Waals surface area contributed by atoms with Crippen LogP contribution in [0, 0.1) is 19.7 Å². The summed E-state index contributed by atoms with van der Waals surface area (Å²) in [6, 6.07) is 5.29. The van der Waals surface area contributed by atoms with Crippen LogP contribution in [0.1, 0.15) is 16.7 Å². The fourth-order valence-electron chi connectivity index (χ4n) is 1.80. The topological polar surface area (TPSA) is 63.8 Å². The fourth-order valence-corrected chi connectivity index (χ4v) is 1.80. The fraction of sp³-hybridized carbons (Fsp3) is 0.231. The van der Waals surface area contributed by atoms with E-state index in [4.69, 9.17) is 5.73 Å². The van der Waals surface area contributed by atoms with Gasteiger partial charge in [0.15, 0.2) is 0 Å². The Morgan fingerprint density at radius 2 is 1.83 bits per heavy atom. The zero-order valence-corrected chi connectivity index (χ0v) is 10.4. The van der Waals surface area contributed by atoms with E-state index < -0.39 is 0 Å². The van der Waals surface area contributed by atoms with Gasteiger partial charge < -0.3 is 11.1 Å². The van der Waals surface area contributed by atoms with Gasteiger partial charge in [-0.25, -0.2) is 14.4 Å². The van der Waals surface area contributed by atoms with Crippen LogP contribution in [0.25, 0.3) is 0 Å². The number of nitrogens with two attached hydrogens (primary N) is 1. The minimum absolute atomic E-state index is 0.148. The first-order chi connectivity index (χ1) is 8.56. The predicted octanol–water partition coefficient (Wildman–Crippen LogP) is 2.43. The van der Waals surface area contributed by atoms with E-state index in [1.807, 2.05) is 12.1 Å². The lowest BCUT2D eigenvalue weighted by Crippen LogP contribution is -2.04. The number of nitrogen functional groups attached to an aromatic ring is 1. The van der Waals surface area contributed by atoms with Gasteiger partial charge in [-0.3, -0.25) is 0 Å². The molecule has 1 aromatic heterocycles. The maximum atomic E-state index is 13.5. The highest BCUT2D eigenvalue weighted by molar-refractivity contribution is 5.44. The van der Waals surface area contributed by atoms with Crippen molar-refractivity contribution < 1.29 is 4.39 Å². The zero-order valence-electron chi connectivity index (χ0n) is 10.4. The Kier molecular flexibility index (Phi) is 3.41. The predicted molar refractivity (Wildman–Crippen MR) is 69.6 cm³/mol. The maximum absolute atomic E-state index is 13.5. The number of nitrogens with one attached hydrogen (secondary N) is 1. The van der Waals surface area contributed by atoms with Gasteiger partial charge in [-0.05, 0) is 30.5 Å². The molecule has 1 heterocycles. The molecule has 0 bridgehead atoms. The summed E-state index contributed by atoms with van der Waals surface area (Å²) in [4.78, 5) is 7.85. The lowest BCUT2D eigenvalue weighted by atomic mass is 10.1. The molecular formula is C13H15FN4. The molecule has 2 aromatic rings. The number of hydrogen-bond donors (Lipinski definition) is 2. The van der Waals surface area contributed by atoms with Gasteiger partial charge >= 0.3 is 0 Å². The molecule has 94 valence electrons. The minimum atomic E-state index is -0.148. The summed E-state index contributed by atoms with van der Waals surface area (Å²) in [5, 5.41) is 3.12. The maximum Gasteiger partial charge on any atom is 0.131 e. The molecule has 0 aliphatic carbocycles. The smallest absolute Gasteiger partial charge is 0.131 e. The van der Waals surface area contributed by atoms with E-state index in [1.54, 1.807) is 19.9 Å². The van der Waals surface area contributed by atoms with Crippen LogP contribution in [-0.4, -0.2) is 9.97 Å². The number of benzene rings is 1. The largest absolute Gasteiger partial charge is 0.384 e. The number of hydrogen-bond acceptors (Lipinski definition) is 4. The first kappa shape index (κ1) is 12.3. The molecule has 0 fully saturated rings. The normalized spacial score (nSPS) is 10.4. The molecule has 0 saturated heterocycles. The average Bonchev–Trinajstić information content (AvgIpc) is 2.33. The van der Waals surface area contributed by atoms with Crippen LogP contribution in [0.4, 0.5) is 16.0 Å². The van der Waals surface area contributed by atoms with Crippen LogP contribution in [0.15, 0.2) is 24.5 Å². The Morgan fingerprint density at radius 3 is 2.44 bits per heavy atom. The molecular weight excluding hydrogens is 231 g/mol. The van der Waals surface area contributed by atoms with Crippen molar-refractivity contribution in [2.24, 2.45) is 0 Å². The summed E-state index contributed by atoms with van der Waals surface area (Å²) in [6.07, 6.45) is 1.40. The van der Waals surface area contributed by atoms with Crippen molar-refractivity contribution in [3.8, 4) is 0 Å². The van der Waals surface area contributed by atoms with E-state index in [1.165, 1.54) is 6.33 Å². The molecule has 0 aliphatic heterocycles. The molecule has 0 amide bonds. The van der Waals surface area contributed by atoms with E-state index >= 15 is 0 Å². The van der Waals surface area contributed by atoms with Gasteiger partial charge in [0.2, 0.25) is 0 Å². The van der Waals surface area contributed by atoms with Gasteiger partial charge in [0.05, 0.1) is 0 Å². The molecule has 1 aromatic carbocycles. The number of rotatable bonds is 3. The standard InChI is InChI=1S/C13H15FN4/c1-8-3-10(4-9(2)13(8)14)6-16-12-5-11(15)17-7-18-12/h3-5,7H,6H2,1-2H3,(H3,15,16,17,18). The molecule has 0 spiro atoms. The van der Waals surface area contributed by atoms with Gasteiger partial charge in [0, 0.05) is 12.6 Å². The number of halogens is 1. The highest BCUT2D eigenvalue weighted by Crippen LogP contribution is 2.16. The SMILES string of the molecule is Cc1cc(CNc2cc(N)ncn2)cc(C)c1F. The Labute approximate surface area is 105 Å². The van der Waals surface area contributed by atoms with Gasteiger partial charge in [0.1, 0.15) is 23.8 Å². The number of nitrogens with zero attached hydrogens (tertiary/aromatic N) is 2. The molecule has 18 heavy (non-hydrogen) atoms. The van der Waals surface area contributed by atoms with Crippen LogP contribution in [0.2, 0.25) is 0 Å². The van der Waals surface area contributed by atoms with Gasteiger partial charge in [-0.2, -0.15) is 0 Å². The van der Waals surface area contributed by atoms with E-state index in [0.29, 0.717) is 29.3 Å². The van der Waals surface area contributed by atoms with Crippen molar-refractivity contribution >= 4 is 11.6 Å². The Balaban J connectivity index is 2.11. The Bertz CT molecular complexity index is 546. The van der Waals surface area contributed by atoms with Gasteiger partial charge in [-0.15, -0.1) is 0 Å². The molecule has 3 N–H and O–H groups in total. The van der Waals surface area contributed by atoms with Crippen LogP contribution in [-0.2, 0) is 6.54 Å². The van der Waals surface area contributed by atoms with Crippen LogP contribution >= 0.6 is 0 Å². The first-order valence-corrected chi connectivity index (χ1v) is 5.63.